The Kier molecular flexibility index (Phi) is 5.43. The zero-order chi connectivity index (χ0) is 16.8. The molecule has 24 heavy (non-hydrogen) atoms. The monoisotopic (exact) mass is 338 g/mol. The Labute approximate surface area is 145 Å². The standard InChI is InChI=1S/C19H18N2O2S/c1-2-6-14-9-11-15(12-10-14)17(22)13-24-19-21-20-18(23-19)16-7-4-3-5-8-16/h3-5,7-12H,2,6,13H2,1H3. The fraction of sp³-hybridized carbons (Fsp3) is 0.211. The fourth-order valence-corrected chi connectivity index (χ4v) is 2.98. The van der Waals surface area contributed by atoms with Crippen LogP contribution >= 0.6 is 11.8 Å². The van der Waals surface area contributed by atoms with Crippen LogP contribution in [0.2, 0.25) is 0 Å². The molecule has 2 aromatic carbocycles. The van der Waals surface area contributed by atoms with Crippen molar-refractivity contribution < 1.29 is 9.21 Å². The van der Waals surface area contributed by atoms with E-state index in [1.54, 1.807) is 0 Å². The SMILES string of the molecule is CCCc1ccc(C(=O)CSc2nnc(-c3ccccc3)o2)cc1. The molecule has 122 valence electrons. The summed E-state index contributed by atoms with van der Waals surface area (Å²) in [6.45, 7) is 2.14. The number of thioether (sulfide) groups is 1. The van der Waals surface area contributed by atoms with E-state index in [2.05, 4.69) is 17.1 Å². The number of aryl methyl sites for hydroxylation is 1. The maximum atomic E-state index is 12.3. The van der Waals surface area contributed by atoms with Gasteiger partial charge in [0, 0.05) is 11.1 Å². The first-order chi connectivity index (χ1) is 11.8. The molecule has 0 amide bonds. The Bertz CT molecular complexity index is 798. The van der Waals surface area contributed by atoms with Gasteiger partial charge in [-0.15, -0.1) is 10.2 Å². The van der Waals surface area contributed by atoms with Gasteiger partial charge >= 0.3 is 0 Å². The Morgan fingerprint density at radius 1 is 1.04 bits per heavy atom. The van der Waals surface area contributed by atoms with Gasteiger partial charge in [0.05, 0.1) is 5.75 Å². The Morgan fingerprint density at radius 3 is 2.50 bits per heavy atom. The van der Waals surface area contributed by atoms with E-state index in [1.807, 2.05) is 54.6 Å². The molecular formula is C19H18N2O2S. The van der Waals surface area contributed by atoms with E-state index in [0.29, 0.717) is 16.7 Å². The molecule has 1 aromatic heterocycles. The van der Waals surface area contributed by atoms with E-state index in [0.717, 1.165) is 18.4 Å². The topological polar surface area (TPSA) is 56.0 Å². The molecular weight excluding hydrogens is 320 g/mol. The molecule has 0 unspecified atom stereocenters. The number of rotatable bonds is 7. The maximum Gasteiger partial charge on any atom is 0.277 e. The first-order valence-corrected chi connectivity index (χ1v) is 8.88. The smallest absolute Gasteiger partial charge is 0.277 e. The van der Waals surface area contributed by atoms with Crippen LogP contribution in [0.25, 0.3) is 11.5 Å². The number of hydrogen-bond acceptors (Lipinski definition) is 5. The molecule has 0 bridgehead atoms. The molecule has 0 aliphatic rings. The average Bonchev–Trinajstić information content (AvgIpc) is 3.10. The van der Waals surface area contributed by atoms with Crippen LogP contribution in [0.3, 0.4) is 0 Å². The number of benzene rings is 2. The number of aromatic nitrogens is 2. The lowest BCUT2D eigenvalue weighted by molar-refractivity contribution is 0.102. The number of carbonyl (C=O) groups is 1. The van der Waals surface area contributed by atoms with Gasteiger partial charge in [0.15, 0.2) is 5.78 Å². The molecule has 0 radical (unpaired) electrons. The van der Waals surface area contributed by atoms with Crippen molar-refractivity contribution in [1.82, 2.24) is 10.2 Å². The predicted octanol–water partition coefficient (Wildman–Crippen LogP) is 4.66. The summed E-state index contributed by atoms with van der Waals surface area (Å²) in [6, 6.07) is 17.4. The van der Waals surface area contributed by atoms with E-state index >= 15 is 0 Å². The highest BCUT2D eigenvalue weighted by Crippen LogP contribution is 2.23. The molecule has 3 rings (SSSR count). The minimum absolute atomic E-state index is 0.0579. The number of carbonyl (C=O) groups excluding carboxylic acids is 1. The summed E-state index contributed by atoms with van der Waals surface area (Å²) in [4.78, 5) is 12.3. The zero-order valence-corrected chi connectivity index (χ0v) is 14.3. The Hall–Kier alpha value is -2.40. The first kappa shape index (κ1) is 16.5. The summed E-state index contributed by atoms with van der Waals surface area (Å²) < 4.78 is 5.60. The van der Waals surface area contributed by atoms with Crippen LogP contribution in [0.4, 0.5) is 0 Å². The number of hydrogen-bond donors (Lipinski definition) is 0. The van der Waals surface area contributed by atoms with E-state index < -0.39 is 0 Å². The second kappa shape index (κ2) is 7.93. The summed E-state index contributed by atoms with van der Waals surface area (Å²) in [5.41, 5.74) is 2.84. The zero-order valence-electron chi connectivity index (χ0n) is 13.4. The van der Waals surface area contributed by atoms with Crippen molar-refractivity contribution in [1.29, 1.82) is 0 Å². The normalized spacial score (nSPS) is 10.7. The van der Waals surface area contributed by atoms with Gasteiger partial charge in [0.2, 0.25) is 5.89 Å². The van der Waals surface area contributed by atoms with Gasteiger partial charge in [-0.3, -0.25) is 4.79 Å². The third kappa shape index (κ3) is 4.11. The van der Waals surface area contributed by atoms with Gasteiger partial charge in [-0.05, 0) is 24.1 Å². The molecule has 4 nitrogen and oxygen atoms in total. The summed E-state index contributed by atoms with van der Waals surface area (Å²) in [5, 5.41) is 8.42. The second-order valence-electron chi connectivity index (χ2n) is 5.40. The number of ketones is 1. The van der Waals surface area contributed by atoms with Gasteiger partial charge in [0.25, 0.3) is 5.22 Å². The number of Topliss-reactive ketones (excluding diaryl/α,β-unsaturated/α-hetero) is 1. The van der Waals surface area contributed by atoms with Crippen molar-refractivity contribution in [2.75, 3.05) is 5.75 Å². The maximum absolute atomic E-state index is 12.3. The molecule has 0 aliphatic heterocycles. The van der Waals surface area contributed by atoms with Gasteiger partial charge in [-0.1, -0.05) is 67.6 Å². The average molecular weight is 338 g/mol. The van der Waals surface area contributed by atoms with E-state index in [4.69, 9.17) is 4.42 Å². The Morgan fingerprint density at radius 2 is 1.79 bits per heavy atom. The van der Waals surface area contributed by atoms with Gasteiger partial charge in [0.1, 0.15) is 0 Å². The number of nitrogens with zero attached hydrogens (tertiary/aromatic N) is 2. The van der Waals surface area contributed by atoms with Crippen molar-refractivity contribution in [2.24, 2.45) is 0 Å². The van der Waals surface area contributed by atoms with Crippen molar-refractivity contribution in [3.8, 4) is 11.5 Å². The minimum Gasteiger partial charge on any atom is -0.411 e. The molecule has 5 heteroatoms. The highest BCUT2D eigenvalue weighted by atomic mass is 32.2. The molecule has 3 aromatic rings. The first-order valence-electron chi connectivity index (χ1n) is 7.90. The van der Waals surface area contributed by atoms with Crippen LogP contribution in [0.1, 0.15) is 29.3 Å². The van der Waals surface area contributed by atoms with Crippen LogP contribution in [0.5, 0.6) is 0 Å². The molecule has 0 saturated carbocycles. The highest BCUT2D eigenvalue weighted by Gasteiger charge is 2.12. The minimum atomic E-state index is 0.0579. The van der Waals surface area contributed by atoms with Crippen LogP contribution in [0.15, 0.2) is 64.2 Å². The van der Waals surface area contributed by atoms with Crippen molar-refractivity contribution >= 4 is 17.5 Å². The molecule has 0 saturated heterocycles. The predicted molar refractivity (Wildman–Crippen MR) is 95.2 cm³/mol. The van der Waals surface area contributed by atoms with Crippen LogP contribution in [0, 0.1) is 0 Å². The molecule has 0 spiro atoms. The third-order valence-corrected chi connectivity index (χ3v) is 4.39. The van der Waals surface area contributed by atoms with Crippen LogP contribution in [-0.2, 0) is 6.42 Å². The van der Waals surface area contributed by atoms with Gasteiger partial charge < -0.3 is 4.42 Å². The van der Waals surface area contributed by atoms with Crippen LogP contribution in [-0.4, -0.2) is 21.7 Å². The lowest BCUT2D eigenvalue weighted by Gasteiger charge is -2.02. The highest BCUT2D eigenvalue weighted by molar-refractivity contribution is 7.99. The lowest BCUT2D eigenvalue weighted by atomic mass is 10.1. The largest absolute Gasteiger partial charge is 0.411 e. The lowest BCUT2D eigenvalue weighted by Crippen LogP contribution is -2.02. The fourth-order valence-electron chi connectivity index (χ4n) is 2.32. The molecule has 0 aliphatic carbocycles. The third-order valence-electron chi connectivity index (χ3n) is 3.57. The van der Waals surface area contributed by atoms with Gasteiger partial charge in [-0.25, -0.2) is 0 Å². The van der Waals surface area contributed by atoms with Gasteiger partial charge in [-0.2, -0.15) is 0 Å². The quantitative estimate of drug-likeness (QED) is 0.463. The Balaban J connectivity index is 1.59. The summed E-state index contributed by atoms with van der Waals surface area (Å²) in [7, 11) is 0. The summed E-state index contributed by atoms with van der Waals surface area (Å²) in [5.74, 6) is 0.806. The molecule has 0 atom stereocenters. The summed E-state index contributed by atoms with van der Waals surface area (Å²) >= 11 is 1.26. The molecule has 1 heterocycles. The van der Waals surface area contributed by atoms with Crippen molar-refractivity contribution in [2.45, 2.75) is 25.0 Å². The van der Waals surface area contributed by atoms with Crippen molar-refractivity contribution in [3.05, 3.63) is 65.7 Å². The molecule has 0 fully saturated rings. The van der Waals surface area contributed by atoms with Crippen molar-refractivity contribution in [3.63, 3.8) is 0 Å². The van der Waals surface area contributed by atoms with Crippen LogP contribution < -0.4 is 0 Å². The second-order valence-corrected chi connectivity index (χ2v) is 6.32. The molecule has 0 N–H and O–H groups in total. The van der Waals surface area contributed by atoms with E-state index in [9.17, 15) is 4.79 Å². The summed E-state index contributed by atoms with van der Waals surface area (Å²) in [6.07, 6.45) is 2.14. The van der Waals surface area contributed by atoms with E-state index in [-0.39, 0.29) is 11.5 Å². The van der Waals surface area contributed by atoms with E-state index in [1.165, 1.54) is 17.3 Å².